The van der Waals surface area contributed by atoms with Gasteiger partial charge in [-0.1, -0.05) is 18.2 Å². The van der Waals surface area contributed by atoms with Gasteiger partial charge in [-0.15, -0.1) is 0 Å². The Morgan fingerprint density at radius 2 is 2.15 bits per heavy atom. The third-order valence-corrected chi connectivity index (χ3v) is 2.93. The maximum Gasteiger partial charge on any atom is 0.377 e. The molecule has 0 radical (unpaired) electrons. The van der Waals surface area contributed by atoms with Crippen molar-refractivity contribution >= 4 is 11.7 Å². The first-order valence-electron chi connectivity index (χ1n) is 5.92. The molecule has 0 bridgehead atoms. The van der Waals surface area contributed by atoms with Gasteiger partial charge in [0, 0.05) is 24.7 Å². The molecular weight excluding hydrogens is 274 g/mol. The van der Waals surface area contributed by atoms with Crippen LogP contribution in [0.2, 0.25) is 0 Å². The van der Waals surface area contributed by atoms with Crippen LogP contribution in [0, 0.1) is 10.1 Å². The summed E-state index contributed by atoms with van der Waals surface area (Å²) in [6.07, 6.45) is -1.59. The van der Waals surface area contributed by atoms with E-state index in [1.165, 1.54) is 6.07 Å². The molecule has 8 heteroatoms. The fourth-order valence-corrected chi connectivity index (χ4v) is 1.97. The van der Waals surface area contributed by atoms with E-state index in [-0.39, 0.29) is 18.8 Å². The van der Waals surface area contributed by atoms with E-state index in [2.05, 4.69) is 10.1 Å². The van der Waals surface area contributed by atoms with Crippen molar-refractivity contribution in [3.63, 3.8) is 0 Å². The summed E-state index contributed by atoms with van der Waals surface area (Å²) in [5.41, 5.74) is 0.391. The van der Waals surface area contributed by atoms with Crippen molar-refractivity contribution in [1.82, 2.24) is 5.32 Å². The molecule has 1 N–H and O–H groups in total. The number of alkyl halides is 2. The maximum atomic E-state index is 12.9. The van der Waals surface area contributed by atoms with Crippen LogP contribution in [-0.4, -0.2) is 29.5 Å². The zero-order valence-electron chi connectivity index (χ0n) is 10.3. The molecule has 0 spiro atoms. The third kappa shape index (κ3) is 3.08. The largest absolute Gasteiger partial charge is 0.456 e. The summed E-state index contributed by atoms with van der Waals surface area (Å²) in [7, 11) is 0. The fourth-order valence-electron chi connectivity index (χ4n) is 1.97. The van der Waals surface area contributed by atoms with Gasteiger partial charge in [0.2, 0.25) is 0 Å². The van der Waals surface area contributed by atoms with E-state index >= 15 is 0 Å². The Kier molecular flexibility index (Phi) is 3.93. The third-order valence-electron chi connectivity index (χ3n) is 2.93. The van der Waals surface area contributed by atoms with Crippen molar-refractivity contribution in [2.75, 3.05) is 6.54 Å². The number of ether oxygens (including phenoxy) is 1. The lowest BCUT2D eigenvalue weighted by molar-refractivity contribution is -0.385. The molecule has 0 aromatic heterocycles. The molecular formula is C12H12F2N2O4. The van der Waals surface area contributed by atoms with Gasteiger partial charge in [-0.2, -0.15) is 8.78 Å². The Labute approximate surface area is 112 Å². The van der Waals surface area contributed by atoms with Crippen molar-refractivity contribution in [3.8, 4) is 0 Å². The zero-order valence-corrected chi connectivity index (χ0v) is 10.3. The minimum absolute atomic E-state index is 0.0212. The van der Waals surface area contributed by atoms with E-state index in [9.17, 15) is 23.7 Å². The lowest BCUT2D eigenvalue weighted by Gasteiger charge is -2.10. The number of hydrogen-bond acceptors (Lipinski definition) is 5. The maximum absolute atomic E-state index is 12.9. The number of carbonyl (C=O) groups is 1. The minimum atomic E-state index is -3.44. The van der Waals surface area contributed by atoms with Gasteiger partial charge in [-0.25, -0.2) is 4.79 Å². The number of nitrogens with one attached hydrogen (secondary N) is 1. The molecule has 108 valence electrons. The average Bonchev–Trinajstić information content (AvgIpc) is 2.63. The number of rotatable bonds is 5. The molecule has 1 fully saturated rings. The Bertz CT molecular complexity index is 536. The van der Waals surface area contributed by atoms with Crippen molar-refractivity contribution in [2.45, 2.75) is 25.0 Å². The zero-order chi connectivity index (χ0) is 14.8. The second-order valence-electron chi connectivity index (χ2n) is 4.45. The number of nitrogens with zero attached hydrogens (tertiary/aromatic N) is 1. The SMILES string of the molecule is O=C1OC(CNCc2ccccc2[N+](=O)[O-])CC1(F)F. The number of benzene rings is 1. The lowest BCUT2D eigenvalue weighted by atomic mass is 10.1. The molecule has 1 atom stereocenters. The highest BCUT2D eigenvalue weighted by atomic mass is 19.3. The highest BCUT2D eigenvalue weighted by Crippen LogP contribution is 2.30. The molecule has 1 aliphatic heterocycles. The predicted octanol–water partition coefficient (Wildman–Crippen LogP) is 1.64. The number of hydrogen-bond donors (Lipinski definition) is 1. The summed E-state index contributed by atoms with van der Waals surface area (Å²) in [6.45, 7) is 0.157. The summed E-state index contributed by atoms with van der Waals surface area (Å²) < 4.78 is 30.3. The number of cyclic esters (lactones) is 1. The molecule has 1 aromatic rings. The van der Waals surface area contributed by atoms with Crippen LogP contribution in [0.5, 0.6) is 0 Å². The van der Waals surface area contributed by atoms with Gasteiger partial charge in [0.15, 0.2) is 0 Å². The molecule has 1 heterocycles. The van der Waals surface area contributed by atoms with Crippen LogP contribution in [0.4, 0.5) is 14.5 Å². The highest BCUT2D eigenvalue weighted by molar-refractivity contribution is 5.79. The van der Waals surface area contributed by atoms with Crippen LogP contribution in [0.1, 0.15) is 12.0 Å². The van der Waals surface area contributed by atoms with Crippen LogP contribution in [-0.2, 0) is 16.1 Å². The van der Waals surface area contributed by atoms with E-state index in [1.54, 1.807) is 18.2 Å². The summed E-state index contributed by atoms with van der Waals surface area (Å²) >= 11 is 0. The molecule has 1 saturated heterocycles. The molecule has 1 aromatic carbocycles. The topological polar surface area (TPSA) is 81.5 Å². The van der Waals surface area contributed by atoms with Crippen LogP contribution in [0.15, 0.2) is 24.3 Å². The van der Waals surface area contributed by atoms with Crippen LogP contribution in [0.25, 0.3) is 0 Å². The molecule has 0 aliphatic carbocycles. The Balaban J connectivity index is 1.89. The Hall–Kier alpha value is -2.09. The second kappa shape index (κ2) is 5.49. The van der Waals surface area contributed by atoms with Crippen molar-refractivity contribution in [3.05, 3.63) is 39.9 Å². The summed E-state index contributed by atoms with van der Waals surface area (Å²) in [5, 5.41) is 13.6. The first-order chi connectivity index (χ1) is 9.40. The summed E-state index contributed by atoms with van der Waals surface area (Å²) in [6, 6.07) is 6.12. The van der Waals surface area contributed by atoms with Crippen molar-refractivity contribution in [1.29, 1.82) is 0 Å². The molecule has 2 rings (SSSR count). The molecule has 20 heavy (non-hydrogen) atoms. The van der Waals surface area contributed by atoms with Crippen LogP contribution < -0.4 is 5.32 Å². The predicted molar refractivity (Wildman–Crippen MR) is 64.2 cm³/mol. The number of nitro benzene ring substituents is 1. The average molecular weight is 286 g/mol. The van der Waals surface area contributed by atoms with Gasteiger partial charge in [0.1, 0.15) is 6.10 Å². The van der Waals surface area contributed by atoms with Gasteiger partial charge < -0.3 is 10.1 Å². The van der Waals surface area contributed by atoms with Crippen molar-refractivity contribution < 1.29 is 23.2 Å². The van der Waals surface area contributed by atoms with E-state index in [0.717, 1.165) is 0 Å². The number of esters is 1. The minimum Gasteiger partial charge on any atom is -0.456 e. The van der Waals surface area contributed by atoms with Gasteiger partial charge in [-0.3, -0.25) is 10.1 Å². The van der Waals surface area contributed by atoms with E-state index in [0.29, 0.717) is 5.56 Å². The van der Waals surface area contributed by atoms with Gasteiger partial charge >= 0.3 is 11.9 Å². The fraction of sp³-hybridized carbons (Fsp3) is 0.417. The highest BCUT2D eigenvalue weighted by Gasteiger charge is 2.50. The van der Waals surface area contributed by atoms with E-state index in [4.69, 9.17) is 0 Å². The first kappa shape index (κ1) is 14.3. The second-order valence-corrected chi connectivity index (χ2v) is 4.45. The number of para-hydroxylation sites is 1. The number of halogens is 2. The molecule has 0 saturated carbocycles. The van der Waals surface area contributed by atoms with Gasteiger partial charge in [0.05, 0.1) is 11.3 Å². The van der Waals surface area contributed by atoms with Gasteiger partial charge in [-0.05, 0) is 0 Å². The first-order valence-corrected chi connectivity index (χ1v) is 5.92. The molecule has 0 amide bonds. The van der Waals surface area contributed by atoms with Crippen molar-refractivity contribution in [2.24, 2.45) is 0 Å². The van der Waals surface area contributed by atoms with Crippen LogP contribution in [0.3, 0.4) is 0 Å². The smallest absolute Gasteiger partial charge is 0.377 e. The Morgan fingerprint density at radius 1 is 1.45 bits per heavy atom. The Morgan fingerprint density at radius 3 is 2.75 bits per heavy atom. The van der Waals surface area contributed by atoms with E-state index in [1.807, 2.05) is 0 Å². The number of nitro groups is 1. The summed E-state index contributed by atoms with van der Waals surface area (Å²) in [4.78, 5) is 21.1. The normalized spacial score (nSPS) is 20.7. The quantitative estimate of drug-likeness (QED) is 0.505. The van der Waals surface area contributed by atoms with Gasteiger partial charge in [0.25, 0.3) is 5.69 Å². The van der Waals surface area contributed by atoms with Crippen LogP contribution >= 0.6 is 0 Å². The summed E-state index contributed by atoms with van der Waals surface area (Å²) in [5.74, 6) is -4.96. The molecule has 1 aliphatic rings. The lowest BCUT2D eigenvalue weighted by Crippen LogP contribution is -2.27. The molecule has 1 unspecified atom stereocenters. The monoisotopic (exact) mass is 286 g/mol. The number of carbonyl (C=O) groups excluding carboxylic acids is 1. The molecule has 6 nitrogen and oxygen atoms in total. The standard InChI is InChI=1S/C12H12F2N2O4/c13-12(14)5-9(20-11(12)17)7-15-6-8-3-1-2-4-10(8)16(18)19/h1-4,9,15H,5-7H2. The van der Waals surface area contributed by atoms with E-state index < -0.39 is 29.3 Å².